The van der Waals surface area contributed by atoms with Crippen molar-refractivity contribution in [2.75, 3.05) is 11.9 Å². The number of nitro groups is 1. The number of nitrogens with zero attached hydrogens (tertiary/aromatic N) is 2. The summed E-state index contributed by atoms with van der Waals surface area (Å²) in [6, 6.07) is 4.76. The predicted molar refractivity (Wildman–Crippen MR) is 77.7 cm³/mol. The minimum atomic E-state index is -0.417. The van der Waals surface area contributed by atoms with E-state index in [1.807, 2.05) is 13.8 Å². The Kier molecular flexibility index (Phi) is 4.14. The zero-order chi connectivity index (χ0) is 14.7. The van der Waals surface area contributed by atoms with Crippen molar-refractivity contribution in [1.82, 2.24) is 4.98 Å². The van der Waals surface area contributed by atoms with E-state index in [2.05, 4.69) is 10.3 Å². The zero-order valence-corrected chi connectivity index (χ0v) is 11.4. The lowest BCUT2D eigenvalue weighted by molar-refractivity contribution is -0.383. The minimum absolute atomic E-state index is 0.00122. The van der Waals surface area contributed by atoms with Crippen LogP contribution >= 0.6 is 0 Å². The van der Waals surface area contributed by atoms with Crippen LogP contribution in [-0.2, 0) is 0 Å². The number of benzene rings is 1. The molecule has 1 unspecified atom stereocenters. The summed E-state index contributed by atoms with van der Waals surface area (Å²) in [5, 5.41) is 24.9. The smallest absolute Gasteiger partial charge is 0.278 e. The normalized spacial score (nSPS) is 12.6. The van der Waals surface area contributed by atoms with Gasteiger partial charge in [0.25, 0.3) is 5.69 Å². The second-order valence-corrected chi connectivity index (χ2v) is 4.99. The molecule has 0 saturated carbocycles. The number of fused-ring (bicyclic) bond motifs is 1. The largest absolute Gasteiger partial charge is 0.394 e. The number of aliphatic hydroxyl groups is 1. The van der Waals surface area contributed by atoms with Crippen LogP contribution in [0.4, 0.5) is 11.4 Å². The third-order valence-corrected chi connectivity index (χ3v) is 3.33. The molecule has 1 atom stereocenters. The molecule has 0 amide bonds. The highest BCUT2D eigenvalue weighted by Crippen LogP contribution is 2.31. The number of nitro benzene ring substituents is 1. The highest BCUT2D eigenvalue weighted by Gasteiger charge is 2.17. The molecule has 0 aliphatic carbocycles. The maximum Gasteiger partial charge on any atom is 0.278 e. The van der Waals surface area contributed by atoms with Crippen LogP contribution in [0.5, 0.6) is 0 Å². The maximum absolute atomic E-state index is 11.0. The second-order valence-electron chi connectivity index (χ2n) is 4.99. The van der Waals surface area contributed by atoms with Crippen LogP contribution in [0.1, 0.15) is 13.8 Å². The Morgan fingerprint density at radius 2 is 2.10 bits per heavy atom. The SMILES string of the molecule is CC(C)C(CO)Nc1ccc([N+](=O)[O-])c2cnccc12. The van der Waals surface area contributed by atoms with E-state index in [1.165, 1.54) is 12.3 Å². The Labute approximate surface area is 116 Å². The number of rotatable bonds is 5. The summed E-state index contributed by atoms with van der Waals surface area (Å²) >= 11 is 0. The Bertz CT molecular complexity index is 628. The molecule has 0 radical (unpaired) electrons. The fraction of sp³-hybridized carbons (Fsp3) is 0.357. The molecule has 1 aromatic heterocycles. The van der Waals surface area contributed by atoms with Gasteiger partial charge in [0.05, 0.1) is 23.0 Å². The second kappa shape index (κ2) is 5.83. The first-order chi connectivity index (χ1) is 9.54. The minimum Gasteiger partial charge on any atom is -0.394 e. The van der Waals surface area contributed by atoms with E-state index in [4.69, 9.17) is 0 Å². The van der Waals surface area contributed by atoms with Gasteiger partial charge in [0.1, 0.15) is 0 Å². The summed E-state index contributed by atoms with van der Waals surface area (Å²) in [4.78, 5) is 14.6. The van der Waals surface area contributed by atoms with Crippen molar-refractivity contribution >= 4 is 22.1 Å². The summed E-state index contributed by atoms with van der Waals surface area (Å²) in [5.74, 6) is 0.243. The Morgan fingerprint density at radius 1 is 1.35 bits per heavy atom. The van der Waals surface area contributed by atoms with Gasteiger partial charge in [-0.3, -0.25) is 15.1 Å². The van der Waals surface area contributed by atoms with Gasteiger partial charge in [0.15, 0.2) is 0 Å². The van der Waals surface area contributed by atoms with Gasteiger partial charge >= 0.3 is 0 Å². The van der Waals surface area contributed by atoms with Crippen LogP contribution in [0, 0.1) is 16.0 Å². The van der Waals surface area contributed by atoms with Crippen LogP contribution in [0.2, 0.25) is 0 Å². The van der Waals surface area contributed by atoms with Crippen LogP contribution in [0.3, 0.4) is 0 Å². The van der Waals surface area contributed by atoms with Crippen LogP contribution in [0.15, 0.2) is 30.6 Å². The summed E-state index contributed by atoms with van der Waals surface area (Å²) in [6.45, 7) is 4.01. The van der Waals surface area contributed by atoms with Gasteiger partial charge < -0.3 is 10.4 Å². The van der Waals surface area contributed by atoms with Crippen LogP contribution in [-0.4, -0.2) is 27.7 Å². The number of pyridine rings is 1. The monoisotopic (exact) mass is 275 g/mol. The third kappa shape index (κ3) is 2.70. The molecule has 1 aromatic carbocycles. The van der Waals surface area contributed by atoms with Crippen molar-refractivity contribution in [3.05, 3.63) is 40.7 Å². The predicted octanol–water partition coefficient (Wildman–Crippen LogP) is 2.57. The molecule has 2 aromatic rings. The summed E-state index contributed by atoms with van der Waals surface area (Å²) in [5.41, 5.74) is 0.796. The number of aliphatic hydroxyl groups excluding tert-OH is 1. The van der Waals surface area contributed by atoms with Crippen molar-refractivity contribution in [2.24, 2.45) is 5.92 Å². The van der Waals surface area contributed by atoms with Crippen molar-refractivity contribution in [2.45, 2.75) is 19.9 Å². The Balaban J connectivity index is 2.50. The average Bonchev–Trinajstić information content (AvgIpc) is 2.43. The lowest BCUT2D eigenvalue weighted by Crippen LogP contribution is -2.29. The van der Waals surface area contributed by atoms with E-state index in [0.717, 1.165) is 11.1 Å². The first-order valence-corrected chi connectivity index (χ1v) is 6.43. The molecular weight excluding hydrogens is 258 g/mol. The molecule has 0 aliphatic rings. The van der Waals surface area contributed by atoms with Gasteiger partial charge in [-0.15, -0.1) is 0 Å². The molecular formula is C14H17N3O3. The average molecular weight is 275 g/mol. The highest BCUT2D eigenvalue weighted by atomic mass is 16.6. The van der Waals surface area contributed by atoms with Gasteiger partial charge in [-0.2, -0.15) is 0 Å². The van der Waals surface area contributed by atoms with Gasteiger partial charge in [0, 0.05) is 29.5 Å². The lowest BCUT2D eigenvalue weighted by atomic mass is 10.0. The molecule has 0 aliphatic heterocycles. The van der Waals surface area contributed by atoms with Gasteiger partial charge in [-0.1, -0.05) is 13.8 Å². The van der Waals surface area contributed by atoms with Crippen molar-refractivity contribution in [3.8, 4) is 0 Å². The van der Waals surface area contributed by atoms with Crippen LogP contribution in [0.25, 0.3) is 10.8 Å². The summed E-state index contributed by atoms with van der Waals surface area (Å²) in [6.07, 6.45) is 3.09. The molecule has 20 heavy (non-hydrogen) atoms. The van der Waals surface area contributed by atoms with Crippen LogP contribution < -0.4 is 5.32 Å². The summed E-state index contributed by atoms with van der Waals surface area (Å²) < 4.78 is 0. The van der Waals surface area contributed by atoms with Crippen molar-refractivity contribution in [1.29, 1.82) is 0 Å². The first-order valence-electron chi connectivity index (χ1n) is 6.43. The number of nitrogens with one attached hydrogen (secondary N) is 1. The van der Waals surface area contributed by atoms with E-state index in [1.54, 1.807) is 18.3 Å². The topological polar surface area (TPSA) is 88.3 Å². The molecule has 6 nitrogen and oxygen atoms in total. The fourth-order valence-electron chi connectivity index (χ4n) is 2.08. The standard InChI is InChI=1S/C14H17N3O3/c1-9(2)13(8-18)16-12-3-4-14(17(19)20)11-7-15-6-5-10(11)12/h3-7,9,13,16,18H,8H2,1-2H3. The number of hydrogen-bond donors (Lipinski definition) is 2. The van der Waals surface area contributed by atoms with E-state index < -0.39 is 4.92 Å². The van der Waals surface area contributed by atoms with Gasteiger partial charge in [-0.25, -0.2) is 0 Å². The zero-order valence-electron chi connectivity index (χ0n) is 11.4. The molecule has 2 rings (SSSR count). The number of hydrogen-bond acceptors (Lipinski definition) is 5. The molecule has 0 spiro atoms. The first kappa shape index (κ1) is 14.2. The third-order valence-electron chi connectivity index (χ3n) is 3.33. The molecule has 0 bridgehead atoms. The van der Waals surface area contributed by atoms with E-state index >= 15 is 0 Å². The number of aromatic nitrogens is 1. The number of non-ortho nitro benzene ring substituents is 1. The van der Waals surface area contributed by atoms with E-state index in [-0.39, 0.29) is 24.3 Å². The van der Waals surface area contributed by atoms with Gasteiger partial charge in [0.2, 0.25) is 0 Å². The van der Waals surface area contributed by atoms with E-state index in [9.17, 15) is 15.2 Å². The highest BCUT2D eigenvalue weighted by molar-refractivity contribution is 5.99. The summed E-state index contributed by atoms with van der Waals surface area (Å²) in [7, 11) is 0. The Morgan fingerprint density at radius 3 is 2.70 bits per heavy atom. The molecule has 0 fully saturated rings. The molecule has 6 heteroatoms. The molecule has 1 heterocycles. The lowest BCUT2D eigenvalue weighted by Gasteiger charge is -2.22. The maximum atomic E-state index is 11.0. The van der Waals surface area contributed by atoms with Crippen molar-refractivity contribution < 1.29 is 10.0 Å². The molecule has 0 saturated heterocycles. The fourth-order valence-corrected chi connectivity index (χ4v) is 2.08. The van der Waals surface area contributed by atoms with Gasteiger partial charge in [-0.05, 0) is 18.1 Å². The Hall–Kier alpha value is -2.21. The number of anilines is 1. The molecule has 2 N–H and O–H groups in total. The quantitative estimate of drug-likeness (QED) is 0.646. The van der Waals surface area contributed by atoms with E-state index in [0.29, 0.717) is 5.39 Å². The molecule has 106 valence electrons. The van der Waals surface area contributed by atoms with Crippen molar-refractivity contribution in [3.63, 3.8) is 0 Å².